The van der Waals surface area contributed by atoms with E-state index in [-0.39, 0.29) is 19.4 Å². The van der Waals surface area contributed by atoms with Crippen LogP contribution < -0.4 is 15.3 Å². The minimum atomic E-state index is -1.62. The molecule has 3 N–H and O–H groups in total. The molecule has 0 heterocycles. The highest BCUT2D eigenvalue weighted by Crippen LogP contribution is 2.14. The van der Waals surface area contributed by atoms with E-state index in [1.807, 2.05) is 18.2 Å². The van der Waals surface area contributed by atoms with Gasteiger partial charge in [0.15, 0.2) is 10.8 Å². The Bertz CT molecular complexity index is 1090. The summed E-state index contributed by atoms with van der Waals surface area (Å²) in [6, 6.07) is 14.5. The van der Waals surface area contributed by atoms with Crippen molar-refractivity contribution in [1.82, 2.24) is 15.3 Å². The number of amides is 2. The van der Waals surface area contributed by atoms with Crippen LogP contribution in [0.2, 0.25) is 0 Å². The summed E-state index contributed by atoms with van der Waals surface area (Å²) in [7, 11) is 0. The Labute approximate surface area is 207 Å². The van der Waals surface area contributed by atoms with Gasteiger partial charge in [-0.15, -0.1) is 0 Å². The molecule has 0 bridgehead atoms. The number of benzene rings is 2. The molecular formula is C24H27N5O7. The number of carbonyl (C=O) groups is 4. The first-order chi connectivity index (χ1) is 17.3. The molecule has 0 aliphatic carbocycles. The first-order valence-corrected chi connectivity index (χ1v) is 11.1. The number of carboxylic acids is 2. The quantitative estimate of drug-likeness (QED) is 0.188. The number of nitrogens with zero attached hydrogens (tertiary/aromatic N) is 3. The number of aryl methyl sites for hydroxylation is 1. The predicted molar refractivity (Wildman–Crippen MR) is 123 cm³/mol. The second kappa shape index (κ2) is 14.8. The van der Waals surface area contributed by atoms with E-state index in [2.05, 4.69) is 15.3 Å². The second-order valence-corrected chi connectivity index (χ2v) is 7.78. The zero-order valence-electron chi connectivity index (χ0n) is 19.5. The molecular weight excluding hydrogens is 470 g/mol. The normalized spacial score (nSPS) is 11.1. The molecule has 0 radical (unpaired) electrons. The van der Waals surface area contributed by atoms with E-state index in [0.717, 1.165) is 16.2 Å². The minimum absolute atomic E-state index is 0.00873. The van der Waals surface area contributed by atoms with Crippen molar-refractivity contribution in [3.05, 3.63) is 65.7 Å². The molecule has 0 saturated heterocycles. The molecule has 0 spiro atoms. The lowest BCUT2D eigenvalue weighted by atomic mass is 10.1. The Kier molecular flexibility index (Phi) is 11.4. The molecule has 1 atom stereocenters. The molecule has 1 unspecified atom stereocenters. The fourth-order valence-electron chi connectivity index (χ4n) is 3.18. The highest BCUT2D eigenvalue weighted by atomic mass is 16.7. The van der Waals surface area contributed by atoms with Crippen LogP contribution in [-0.2, 0) is 37.0 Å². The van der Waals surface area contributed by atoms with Crippen molar-refractivity contribution in [3.63, 3.8) is 0 Å². The van der Waals surface area contributed by atoms with Gasteiger partial charge in [0.2, 0.25) is 16.7 Å². The molecule has 0 fully saturated rings. The second-order valence-electron chi connectivity index (χ2n) is 7.78. The van der Waals surface area contributed by atoms with Crippen LogP contribution in [0.3, 0.4) is 0 Å². The average molecular weight is 498 g/mol. The summed E-state index contributed by atoms with van der Waals surface area (Å²) in [5.41, 5.74) is 8.98. The smallest absolute Gasteiger partial charge is 0.303 e. The SMILES string of the molecule is N=[N+]=Nc1ccc(CCCC(=O)N(CC(=O)NC(CCC(=O)O)C(=O)[O-])OCc2ccccc2)cc1. The maximum Gasteiger partial charge on any atom is 0.303 e. The Balaban J connectivity index is 1.98. The number of aliphatic carboxylic acids is 2. The van der Waals surface area contributed by atoms with Crippen LogP contribution in [0.15, 0.2) is 59.7 Å². The third-order valence-corrected chi connectivity index (χ3v) is 5.02. The maximum absolute atomic E-state index is 12.8. The molecule has 0 aliphatic rings. The highest BCUT2D eigenvalue weighted by molar-refractivity contribution is 5.87. The fourth-order valence-corrected chi connectivity index (χ4v) is 3.18. The average Bonchev–Trinajstić information content (AvgIpc) is 2.85. The summed E-state index contributed by atoms with van der Waals surface area (Å²) in [6.07, 6.45) is 0.234. The van der Waals surface area contributed by atoms with E-state index in [4.69, 9.17) is 15.5 Å². The van der Waals surface area contributed by atoms with Crippen molar-refractivity contribution in [3.8, 4) is 0 Å². The predicted octanol–water partition coefficient (Wildman–Crippen LogP) is 1.25. The summed E-state index contributed by atoms with van der Waals surface area (Å²) >= 11 is 0. The molecule has 2 rings (SSSR count). The lowest BCUT2D eigenvalue weighted by Crippen LogP contribution is -2.51. The molecule has 0 aromatic heterocycles. The molecule has 190 valence electrons. The van der Waals surface area contributed by atoms with Gasteiger partial charge in [-0.05, 0) is 42.5 Å². The number of carbonyl (C=O) groups excluding carboxylic acids is 3. The molecule has 12 nitrogen and oxygen atoms in total. The van der Waals surface area contributed by atoms with Crippen LogP contribution in [0, 0.1) is 5.53 Å². The maximum atomic E-state index is 12.8. The first-order valence-electron chi connectivity index (χ1n) is 11.1. The van der Waals surface area contributed by atoms with E-state index < -0.39 is 42.8 Å². The molecule has 2 amide bonds. The number of nitrogens with one attached hydrogen (secondary N) is 2. The summed E-state index contributed by atoms with van der Waals surface area (Å²) in [5.74, 6) is -4.14. The summed E-state index contributed by atoms with van der Waals surface area (Å²) in [6.45, 7) is -0.565. The van der Waals surface area contributed by atoms with Crippen LogP contribution in [0.4, 0.5) is 5.69 Å². The molecule has 36 heavy (non-hydrogen) atoms. The van der Waals surface area contributed by atoms with Crippen LogP contribution in [-0.4, -0.2) is 46.5 Å². The Hall–Kier alpha value is -4.41. The number of rotatable bonds is 15. The van der Waals surface area contributed by atoms with E-state index in [0.29, 0.717) is 18.5 Å². The van der Waals surface area contributed by atoms with Gasteiger partial charge in [-0.3, -0.25) is 19.2 Å². The van der Waals surface area contributed by atoms with Crippen molar-refractivity contribution in [2.75, 3.05) is 6.54 Å². The van der Waals surface area contributed by atoms with E-state index >= 15 is 0 Å². The van der Waals surface area contributed by atoms with Crippen LogP contribution >= 0.6 is 0 Å². The van der Waals surface area contributed by atoms with Crippen LogP contribution in [0.25, 0.3) is 0 Å². The third kappa shape index (κ3) is 10.2. The number of hydroxylamine groups is 2. The molecule has 2 aromatic carbocycles. The Morgan fingerprint density at radius 2 is 1.75 bits per heavy atom. The lowest BCUT2D eigenvalue weighted by molar-refractivity contribution is -0.308. The van der Waals surface area contributed by atoms with Crippen molar-refractivity contribution >= 4 is 29.4 Å². The summed E-state index contributed by atoms with van der Waals surface area (Å²) in [5, 5.41) is 26.7. The zero-order valence-corrected chi connectivity index (χ0v) is 19.5. The largest absolute Gasteiger partial charge is 0.548 e. The van der Waals surface area contributed by atoms with Gasteiger partial charge in [-0.1, -0.05) is 42.5 Å². The summed E-state index contributed by atoms with van der Waals surface area (Å²) < 4.78 is 0. The van der Waals surface area contributed by atoms with Gasteiger partial charge in [0.05, 0.1) is 12.0 Å². The van der Waals surface area contributed by atoms with E-state index in [1.165, 1.54) is 0 Å². The zero-order chi connectivity index (χ0) is 26.3. The van der Waals surface area contributed by atoms with Crippen molar-refractivity contribution < 1.29 is 34.2 Å². The highest BCUT2D eigenvalue weighted by Gasteiger charge is 2.21. The standard InChI is InChI=1S/C24H27N5O7/c25-28-27-19-11-9-17(10-12-19)7-4-8-22(31)29(36-16-18-5-2-1-3-6-18)15-21(30)26-20(24(34)35)13-14-23(32)33/h1-3,5-6,9-12,20,25H,4,7-8,13-16H2,(H2-,26,30,32,33,34,35). The van der Waals surface area contributed by atoms with Crippen molar-refractivity contribution in [2.24, 2.45) is 5.11 Å². The van der Waals surface area contributed by atoms with Crippen molar-refractivity contribution in [2.45, 2.75) is 44.8 Å². The van der Waals surface area contributed by atoms with Crippen LogP contribution in [0.1, 0.15) is 36.8 Å². The molecule has 2 aromatic rings. The first kappa shape index (κ1) is 27.8. The Morgan fingerprint density at radius 1 is 1.06 bits per heavy atom. The fraction of sp³-hybridized carbons (Fsp3) is 0.333. The van der Waals surface area contributed by atoms with E-state index in [1.54, 1.807) is 36.4 Å². The molecule has 0 aliphatic heterocycles. The number of hydrogen-bond donors (Lipinski definition) is 3. The monoisotopic (exact) mass is 497 g/mol. The lowest BCUT2D eigenvalue weighted by Gasteiger charge is -2.24. The summed E-state index contributed by atoms with van der Waals surface area (Å²) in [4.78, 5) is 55.8. The number of hydrogen-bond acceptors (Lipinski definition) is 8. The molecule has 0 saturated carbocycles. The van der Waals surface area contributed by atoms with Gasteiger partial charge in [-0.25, -0.2) is 5.06 Å². The van der Waals surface area contributed by atoms with Crippen LogP contribution in [0.5, 0.6) is 0 Å². The molecule has 12 heteroatoms. The third-order valence-electron chi connectivity index (χ3n) is 5.02. The van der Waals surface area contributed by atoms with Gasteiger partial charge >= 0.3 is 5.97 Å². The van der Waals surface area contributed by atoms with E-state index in [9.17, 15) is 24.3 Å². The Morgan fingerprint density at radius 3 is 2.36 bits per heavy atom. The van der Waals surface area contributed by atoms with Gasteiger partial charge in [-0.2, -0.15) is 0 Å². The van der Waals surface area contributed by atoms with Gasteiger partial charge in [0.25, 0.3) is 0 Å². The van der Waals surface area contributed by atoms with Crippen molar-refractivity contribution in [1.29, 1.82) is 5.53 Å². The topological polar surface area (TPSA) is 186 Å². The number of carboxylic acid groups (broad SMARTS) is 2. The van der Waals surface area contributed by atoms with Gasteiger partial charge in [0, 0.05) is 12.8 Å². The van der Waals surface area contributed by atoms with Gasteiger partial charge in [0.1, 0.15) is 18.7 Å². The van der Waals surface area contributed by atoms with Gasteiger partial charge < -0.3 is 20.3 Å². The minimum Gasteiger partial charge on any atom is -0.548 e.